The predicted octanol–water partition coefficient (Wildman–Crippen LogP) is 4.06. The predicted molar refractivity (Wildman–Crippen MR) is 65.8 cm³/mol. The first kappa shape index (κ1) is 10.4. The molecular formula is C13H14OS. The van der Waals surface area contributed by atoms with Gasteiger partial charge >= 0.3 is 0 Å². The summed E-state index contributed by atoms with van der Waals surface area (Å²) in [5.41, 5.74) is 1.24. The topological polar surface area (TPSA) is 17.1 Å². The first-order valence-electron chi connectivity index (χ1n) is 5.25. The summed E-state index contributed by atoms with van der Waals surface area (Å²) in [7, 11) is 0. The molecule has 0 fully saturated rings. The van der Waals surface area contributed by atoms with Crippen LogP contribution in [0.25, 0.3) is 10.1 Å². The molecule has 0 aliphatic heterocycles. The number of rotatable bonds is 3. The molecule has 0 bridgehead atoms. The van der Waals surface area contributed by atoms with Crippen LogP contribution in [0.3, 0.4) is 0 Å². The number of benzene rings is 1. The number of hydrogen-bond donors (Lipinski definition) is 0. The molecule has 0 atom stereocenters. The summed E-state index contributed by atoms with van der Waals surface area (Å²) in [5.74, 6) is 0.194. The van der Waals surface area contributed by atoms with Gasteiger partial charge < -0.3 is 0 Å². The quantitative estimate of drug-likeness (QED) is 0.710. The Morgan fingerprint density at radius 2 is 2.07 bits per heavy atom. The van der Waals surface area contributed by atoms with Crippen molar-refractivity contribution in [3.05, 3.63) is 34.7 Å². The van der Waals surface area contributed by atoms with Crippen molar-refractivity contribution in [2.45, 2.75) is 26.7 Å². The molecule has 0 aliphatic carbocycles. The molecule has 0 saturated carbocycles. The zero-order valence-electron chi connectivity index (χ0n) is 9.04. The molecule has 1 aromatic carbocycles. The average molecular weight is 218 g/mol. The summed E-state index contributed by atoms with van der Waals surface area (Å²) in [5, 5.41) is 1.26. The molecule has 2 heteroatoms. The second-order valence-corrected chi connectivity index (χ2v) is 4.76. The van der Waals surface area contributed by atoms with Crippen LogP contribution in [0.15, 0.2) is 24.3 Å². The molecule has 0 saturated heterocycles. The Balaban J connectivity index is 2.68. The van der Waals surface area contributed by atoms with Crippen molar-refractivity contribution in [3.8, 4) is 0 Å². The molecule has 0 spiro atoms. The fourth-order valence-corrected chi connectivity index (χ4v) is 3.03. The van der Waals surface area contributed by atoms with E-state index in [1.165, 1.54) is 15.6 Å². The van der Waals surface area contributed by atoms with Gasteiger partial charge in [0.25, 0.3) is 0 Å². The molecule has 0 aliphatic rings. The van der Waals surface area contributed by atoms with Gasteiger partial charge in [0, 0.05) is 4.70 Å². The zero-order chi connectivity index (χ0) is 10.8. The van der Waals surface area contributed by atoms with Crippen molar-refractivity contribution < 1.29 is 4.79 Å². The van der Waals surface area contributed by atoms with Gasteiger partial charge in [0.2, 0.25) is 0 Å². The molecule has 1 heterocycles. The number of Topliss-reactive ketones (excluding diaryl/α,β-unsaturated/α-hetero) is 1. The third kappa shape index (κ3) is 1.82. The molecule has 0 unspecified atom stereocenters. The van der Waals surface area contributed by atoms with Crippen molar-refractivity contribution in [3.63, 3.8) is 0 Å². The minimum absolute atomic E-state index is 0.194. The highest BCUT2D eigenvalue weighted by Gasteiger charge is 2.13. The van der Waals surface area contributed by atoms with E-state index in [1.54, 1.807) is 18.3 Å². The van der Waals surface area contributed by atoms with E-state index in [1.807, 2.05) is 12.1 Å². The van der Waals surface area contributed by atoms with Gasteiger partial charge in [-0.1, -0.05) is 31.5 Å². The summed E-state index contributed by atoms with van der Waals surface area (Å²) in [6, 6.07) is 8.27. The number of carbonyl (C=O) groups excluding carboxylic acids is 1. The average Bonchev–Trinajstić information content (AvgIpc) is 2.58. The summed E-state index contributed by atoms with van der Waals surface area (Å²) in [6.07, 6.45) is 2.08. The summed E-state index contributed by atoms with van der Waals surface area (Å²) in [4.78, 5) is 12.5. The number of fused-ring (bicyclic) bond motifs is 1. The Bertz CT molecular complexity index is 496. The molecule has 0 radical (unpaired) electrons. The van der Waals surface area contributed by atoms with Crippen molar-refractivity contribution in [2.75, 3.05) is 0 Å². The van der Waals surface area contributed by atoms with E-state index < -0.39 is 0 Å². The summed E-state index contributed by atoms with van der Waals surface area (Å²) in [6.45, 7) is 3.81. The van der Waals surface area contributed by atoms with Gasteiger partial charge in [-0.25, -0.2) is 0 Å². The molecule has 0 amide bonds. The van der Waals surface area contributed by atoms with Crippen LogP contribution >= 0.6 is 11.3 Å². The molecule has 15 heavy (non-hydrogen) atoms. The molecule has 1 nitrogen and oxygen atoms in total. The van der Waals surface area contributed by atoms with Crippen LogP contribution in [0.1, 0.15) is 35.5 Å². The van der Waals surface area contributed by atoms with Crippen LogP contribution in [0, 0.1) is 0 Å². The van der Waals surface area contributed by atoms with E-state index in [-0.39, 0.29) is 5.78 Å². The van der Waals surface area contributed by atoms with E-state index in [9.17, 15) is 4.79 Å². The van der Waals surface area contributed by atoms with Gasteiger partial charge in [-0.15, -0.1) is 11.3 Å². The summed E-state index contributed by atoms with van der Waals surface area (Å²) < 4.78 is 1.23. The Labute approximate surface area is 93.7 Å². The highest BCUT2D eigenvalue weighted by molar-refractivity contribution is 7.21. The lowest BCUT2D eigenvalue weighted by Gasteiger charge is -1.98. The summed E-state index contributed by atoms with van der Waals surface area (Å²) >= 11 is 1.62. The second kappa shape index (κ2) is 4.15. The minimum Gasteiger partial charge on any atom is -0.294 e. The molecule has 2 rings (SSSR count). The van der Waals surface area contributed by atoms with Gasteiger partial charge in [0.05, 0.1) is 4.88 Å². The van der Waals surface area contributed by atoms with Crippen LogP contribution in [0.2, 0.25) is 0 Å². The highest BCUT2D eigenvalue weighted by atomic mass is 32.1. The number of thiophene rings is 1. The highest BCUT2D eigenvalue weighted by Crippen LogP contribution is 2.32. The number of hydrogen-bond acceptors (Lipinski definition) is 2. The lowest BCUT2D eigenvalue weighted by Crippen LogP contribution is -1.93. The number of ketones is 1. The SMILES string of the molecule is CCCc1c(C(C)=O)sc2ccccc12. The Hall–Kier alpha value is -1.15. The van der Waals surface area contributed by atoms with Gasteiger partial charge in [-0.3, -0.25) is 4.79 Å². The van der Waals surface area contributed by atoms with Crippen LogP contribution < -0.4 is 0 Å². The Kier molecular flexibility index (Phi) is 2.87. The minimum atomic E-state index is 0.194. The van der Waals surface area contributed by atoms with E-state index in [0.29, 0.717) is 0 Å². The van der Waals surface area contributed by atoms with Gasteiger partial charge in [0.15, 0.2) is 5.78 Å². The van der Waals surface area contributed by atoms with Crippen molar-refractivity contribution >= 4 is 27.2 Å². The van der Waals surface area contributed by atoms with Crippen molar-refractivity contribution in [2.24, 2.45) is 0 Å². The van der Waals surface area contributed by atoms with E-state index in [0.717, 1.165) is 17.7 Å². The number of carbonyl (C=O) groups is 1. The Morgan fingerprint density at radius 1 is 1.33 bits per heavy atom. The first-order valence-corrected chi connectivity index (χ1v) is 6.07. The molecular weight excluding hydrogens is 204 g/mol. The van der Waals surface area contributed by atoms with Crippen LogP contribution in [-0.2, 0) is 6.42 Å². The normalized spacial score (nSPS) is 10.8. The lowest BCUT2D eigenvalue weighted by atomic mass is 10.0. The monoisotopic (exact) mass is 218 g/mol. The molecule has 78 valence electrons. The molecule has 1 aromatic heterocycles. The third-order valence-corrected chi connectivity index (χ3v) is 3.83. The van der Waals surface area contributed by atoms with E-state index in [2.05, 4.69) is 19.1 Å². The standard InChI is InChI=1S/C13H14OS/c1-3-6-11-10-7-4-5-8-12(10)15-13(11)9(2)14/h4-5,7-8H,3,6H2,1-2H3. The van der Waals surface area contributed by atoms with E-state index >= 15 is 0 Å². The maximum atomic E-state index is 11.5. The van der Waals surface area contributed by atoms with E-state index in [4.69, 9.17) is 0 Å². The maximum Gasteiger partial charge on any atom is 0.170 e. The largest absolute Gasteiger partial charge is 0.294 e. The van der Waals surface area contributed by atoms with Crippen LogP contribution in [0.5, 0.6) is 0 Å². The maximum absolute atomic E-state index is 11.5. The van der Waals surface area contributed by atoms with Crippen LogP contribution in [0.4, 0.5) is 0 Å². The van der Waals surface area contributed by atoms with Gasteiger partial charge in [-0.05, 0) is 30.4 Å². The molecule has 2 aromatic rings. The number of aryl methyl sites for hydroxylation is 1. The first-order chi connectivity index (χ1) is 7.24. The van der Waals surface area contributed by atoms with Gasteiger partial charge in [0.1, 0.15) is 0 Å². The smallest absolute Gasteiger partial charge is 0.170 e. The Morgan fingerprint density at radius 3 is 2.73 bits per heavy atom. The van der Waals surface area contributed by atoms with Crippen molar-refractivity contribution in [1.82, 2.24) is 0 Å². The fraction of sp³-hybridized carbons (Fsp3) is 0.308. The fourth-order valence-electron chi connectivity index (χ4n) is 1.88. The zero-order valence-corrected chi connectivity index (χ0v) is 9.86. The van der Waals surface area contributed by atoms with Gasteiger partial charge in [-0.2, -0.15) is 0 Å². The lowest BCUT2D eigenvalue weighted by molar-refractivity contribution is 0.102. The third-order valence-electron chi connectivity index (χ3n) is 2.52. The van der Waals surface area contributed by atoms with Crippen LogP contribution in [-0.4, -0.2) is 5.78 Å². The molecule has 0 N–H and O–H groups in total. The van der Waals surface area contributed by atoms with Crippen molar-refractivity contribution in [1.29, 1.82) is 0 Å². The second-order valence-electron chi connectivity index (χ2n) is 3.71.